The van der Waals surface area contributed by atoms with Crippen molar-refractivity contribution in [1.82, 2.24) is 20.4 Å². The quantitative estimate of drug-likeness (QED) is 0.624. The van der Waals surface area contributed by atoms with Gasteiger partial charge in [-0.1, -0.05) is 0 Å². The summed E-state index contributed by atoms with van der Waals surface area (Å²) in [5.41, 5.74) is 1.02. The van der Waals surface area contributed by atoms with Gasteiger partial charge in [-0.05, 0) is 32.8 Å². The van der Waals surface area contributed by atoms with E-state index in [0.29, 0.717) is 6.54 Å². The first-order valence-electron chi connectivity index (χ1n) is 7.26. The lowest BCUT2D eigenvalue weighted by atomic mass is 10.0. The first-order chi connectivity index (χ1) is 9.63. The summed E-state index contributed by atoms with van der Waals surface area (Å²) >= 11 is 0. The topological polar surface area (TPSA) is 63.5 Å². The summed E-state index contributed by atoms with van der Waals surface area (Å²) in [6.45, 7) is 7.32. The van der Waals surface area contributed by atoms with Crippen molar-refractivity contribution in [3.63, 3.8) is 0 Å². The third-order valence-corrected chi connectivity index (χ3v) is 3.60. The number of aliphatic imine (C=N–C) groups is 1. The number of ether oxygens (including phenoxy) is 1. The Balaban J connectivity index is 1.90. The largest absolute Gasteiger partial charge is 0.373 e. The molecule has 1 atom stereocenters. The second kappa shape index (κ2) is 6.74. The first-order valence-corrected chi connectivity index (χ1v) is 7.26. The Morgan fingerprint density at radius 2 is 2.40 bits per heavy atom. The Bertz CT molecular complexity index is 448. The number of rotatable bonds is 5. The van der Waals surface area contributed by atoms with Crippen molar-refractivity contribution in [3.05, 3.63) is 18.0 Å². The number of hydrogen-bond acceptors (Lipinski definition) is 3. The van der Waals surface area contributed by atoms with Gasteiger partial charge in [0.25, 0.3) is 0 Å². The standard InChI is InChI=1S/C14H25N5O/c1-4-15-13(16-10-12-6-8-18-19(12)3)17-11-14(2)7-5-9-20-14/h6,8H,4-5,7,9-11H2,1-3H3,(H2,15,16,17). The number of hydrogen-bond donors (Lipinski definition) is 2. The molecular weight excluding hydrogens is 254 g/mol. The molecule has 1 aromatic heterocycles. The lowest BCUT2D eigenvalue weighted by molar-refractivity contribution is 0.0243. The molecule has 1 fully saturated rings. The van der Waals surface area contributed by atoms with E-state index in [1.807, 2.05) is 17.8 Å². The minimum absolute atomic E-state index is 0.0667. The molecule has 112 valence electrons. The predicted octanol–water partition coefficient (Wildman–Crippen LogP) is 1.04. The van der Waals surface area contributed by atoms with E-state index in [9.17, 15) is 0 Å². The monoisotopic (exact) mass is 279 g/mol. The molecule has 20 heavy (non-hydrogen) atoms. The lowest BCUT2D eigenvalue weighted by Gasteiger charge is -2.24. The van der Waals surface area contributed by atoms with Crippen LogP contribution in [0.4, 0.5) is 0 Å². The second-order valence-corrected chi connectivity index (χ2v) is 5.40. The highest BCUT2D eigenvalue weighted by atomic mass is 16.5. The fourth-order valence-corrected chi connectivity index (χ4v) is 2.31. The molecule has 1 aromatic rings. The second-order valence-electron chi connectivity index (χ2n) is 5.40. The molecule has 1 aliphatic rings. The van der Waals surface area contributed by atoms with E-state index in [4.69, 9.17) is 4.74 Å². The van der Waals surface area contributed by atoms with Crippen LogP contribution in [0.15, 0.2) is 17.3 Å². The maximum Gasteiger partial charge on any atom is 0.191 e. The molecule has 6 heteroatoms. The van der Waals surface area contributed by atoms with Crippen molar-refractivity contribution in [3.8, 4) is 0 Å². The maximum atomic E-state index is 5.78. The van der Waals surface area contributed by atoms with Crippen LogP contribution in [0.3, 0.4) is 0 Å². The van der Waals surface area contributed by atoms with E-state index in [0.717, 1.165) is 44.2 Å². The van der Waals surface area contributed by atoms with E-state index < -0.39 is 0 Å². The summed E-state index contributed by atoms with van der Waals surface area (Å²) in [5, 5.41) is 10.8. The average molecular weight is 279 g/mol. The molecule has 2 heterocycles. The van der Waals surface area contributed by atoms with Crippen LogP contribution in [-0.2, 0) is 18.3 Å². The van der Waals surface area contributed by atoms with Crippen molar-refractivity contribution >= 4 is 5.96 Å². The Labute approximate surface area is 120 Å². The molecule has 0 amide bonds. The zero-order valence-electron chi connectivity index (χ0n) is 12.6. The van der Waals surface area contributed by atoms with Gasteiger partial charge in [-0.15, -0.1) is 0 Å². The Kier molecular flexibility index (Phi) is 5.00. The summed E-state index contributed by atoms with van der Waals surface area (Å²) in [7, 11) is 1.93. The molecule has 0 saturated carbocycles. The minimum atomic E-state index is -0.0667. The zero-order valence-corrected chi connectivity index (χ0v) is 12.6. The normalized spacial score (nSPS) is 23.1. The van der Waals surface area contributed by atoms with Crippen molar-refractivity contribution in [1.29, 1.82) is 0 Å². The molecule has 1 aliphatic heterocycles. The molecule has 0 aromatic carbocycles. The minimum Gasteiger partial charge on any atom is -0.373 e. The van der Waals surface area contributed by atoms with E-state index in [1.165, 1.54) is 0 Å². The highest BCUT2D eigenvalue weighted by molar-refractivity contribution is 5.79. The van der Waals surface area contributed by atoms with Crippen LogP contribution in [-0.4, -0.2) is 41.0 Å². The van der Waals surface area contributed by atoms with Crippen LogP contribution in [0.25, 0.3) is 0 Å². The summed E-state index contributed by atoms with van der Waals surface area (Å²) in [4.78, 5) is 4.59. The third-order valence-electron chi connectivity index (χ3n) is 3.60. The number of nitrogens with one attached hydrogen (secondary N) is 2. The highest BCUT2D eigenvalue weighted by Crippen LogP contribution is 2.23. The Morgan fingerprint density at radius 3 is 3.00 bits per heavy atom. The zero-order chi connectivity index (χ0) is 14.4. The molecule has 2 rings (SSSR count). The molecule has 0 aliphatic carbocycles. The Hall–Kier alpha value is -1.56. The Morgan fingerprint density at radius 1 is 1.55 bits per heavy atom. The average Bonchev–Trinajstić information content (AvgIpc) is 3.03. The van der Waals surface area contributed by atoms with Crippen LogP contribution in [0, 0.1) is 0 Å². The molecule has 0 radical (unpaired) electrons. The van der Waals surface area contributed by atoms with Crippen LogP contribution in [0.1, 0.15) is 32.4 Å². The molecule has 1 saturated heterocycles. The van der Waals surface area contributed by atoms with Crippen LogP contribution in [0.2, 0.25) is 0 Å². The third kappa shape index (κ3) is 3.96. The van der Waals surface area contributed by atoms with Gasteiger partial charge in [0.1, 0.15) is 0 Å². The van der Waals surface area contributed by atoms with Gasteiger partial charge >= 0.3 is 0 Å². The van der Waals surface area contributed by atoms with Crippen molar-refractivity contribution in [2.24, 2.45) is 12.0 Å². The summed E-state index contributed by atoms with van der Waals surface area (Å²) in [5.74, 6) is 0.824. The number of aromatic nitrogens is 2. The van der Waals surface area contributed by atoms with E-state index in [2.05, 4.69) is 34.6 Å². The van der Waals surface area contributed by atoms with E-state index in [1.54, 1.807) is 6.20 Å². The van der Waals surface area contributed by atoms with Gasteiger partial charge < -0.3 is 15.4 Å². The smallest absolute Gasteiger partial charge is 0.191 e. The molecule has 2 N–H and O–H groups in total. The SMILES string of the molecule is CCNC(=NCc1ccnn1C)NCC1(C)CCCO1. The fraction of sp³-hybridized carbons (Fsp3) is 0.714. The number of nitrogens with zero attached hydrogens (tertiary/aromatic N) is 3. The lowest BCUT2D eigenvalue weighted by Crippen LogP contribution is -2.45. The molecule has 1 unspecified atom stereocenters. The predicted molar refractivity (Wildman–Crippen MR) is 79.6 cm³/mol. The van der Waals surface area contributed by atoms with Crippen molar-refractivity contribution in [2.45, 2.75) is 38.8 Å². The highest BCUT2D eigenvalue weighted by Gasteiger charge is 2.29. The van der Waals surface area contributed by atoms with Crippen LogP contribution < -0.4 is 10.6 Å². The van der Waals surface area contributed by atoms with E-state index in [-0.39, 0.29) is 5.60 Å². The van der Waals surface area contributed by atoms with Crippen molar-refractivity contribution < 1.29 is 4.74 Å². The van der Waals surface area contributed by atoms with Gasteiger partial charge in [0.2, 0.25) is 0 Å². The first kappa shape index (κ1) is 14.8. The van der Waals surface area contributed by atoms with Gasteiger partial charge in [0.05, 0.1) is 17.8 Å². The summed E-state index contributed by atoms with van der Waals surface area (Å²) in [6, 6.07) is 1.98. The van der Waals surface area contributed by atoms with Gasteiger partial charge in [-0.3, -0.25) is 4.68 Å². The van der Waals surface area contributed by atoms with E-state index >= 15 is 0 Å². The fourth-order valence-electron chi connectivity index (χ4n) is 2.31. The van der Waals surface area contributed by atoms with Crippen LogP contribution in [0.5, 0.6) is 0 Å². The number of aryl methyl sites for hydroxylation is 1. The molecule has 0 bridgehead atoms. The van der Waals surface area contributed by atoms with Crippen LogP contribution >= 0.6 is 0 Å². The summed E-state index contributed by atoms with van der Waals surface area (Å²) < 4.78 is 7.62. The van der Waals surface area contributed by atoms with Gasteiger partial charge in [0.15, 0.2) is 5.96 Å². The molecular formula is C14H25N5O. The maximum absolute atomic E-state index is 5.78. The van der Waals surface area contributed by atoms with Gasteiger partial charge in [-0.25, -0.2) is 4.99 Å². The molecule has 6 nitrogen and oxygen atoms in total. The summed E-state index contributed by atoms with van der Waals surface area (Å²) in [6.07, 6.45) is 4.03. The van der Waals surface area contributed by atoms with Crippen molar-refractivity contribution in [2.75, 3.05) is 19.7 Å². The van der Waals surface area contributed by atoms with Gasteiger partial charge in [0, 0.05) is 32.9 Å². The number of guanidine groups is 1. The van der Waals surface area contributed by atoms with Gasteiger partial charge in [-0.2, -0.15) is 5.10 Å². The molecule has 0 spiro atoms.